The van der Waals surface area contributed by atoms with Crippen molar-refractivity contribution in [3.63, 3.8) is 0 Å². The lowest BCUT2D eigenvalue weighted by molar-refractivity contribution is -0.673. The number of carboxylic acids is 1. The van der Waals surface area contributed by atoms with E-state index in [1.54, 1.807) is 0 Å². The number of pyridine rings is 1. The third-order valence-electron chi connectivity index (χ3n) is 1.30. The van der Waals surface area contributed by atoms with Crippen LogP contribution in [0.4, 0.5) is 0 Å². The minimum atomic E-state index is -1.08. The van der Waals surface area contributed by atoms with Gasteiger partial charge < -0.3 is 9.90 Å². The highest BCUT2D eigenvalue weighted by Crippen LogP contribution is 1.89. The zero-order chi connectivity index (χ0) is 10.3. The van der Waals surface area contributed by atoms with Gasteiger partial charge in [-0.25, -0.2) is 4.57 Å². The first-order valence-corrected chi connectivity index (χ1v) is 3.82. The normalized spacial score (nSPS) is 8.15. The standard InChI is InChI=1S/C8H10N.C2H4O2/c1-3-8-6-4-5-7-9(8)2;1-2(3)4/h3-7H,1H2,2H3;1H3,(H,3,4)/q+1;/p-1. The van der Waals surface area contributed by atoms with Crippen molar-refractivity contribution in [3.05, 3.63) is 36.7 Å². The maximum absolute atomic E-state index is 8.89. The fourth-order valence-corrected chi connectivity index (χ4v) is 0.749. The number of rotatable bonds is 1. The quantitative estimate of drug-likeness (QED) is 0.565. The van der Waals surface area contributed by atoms with Crippen molar-refractivity contribution in [2.24, 2.45) is 7.05 Å². The maximum atomic E-state index is 8.89. The molecule has 0 spiro atoms. The van der Waals surface area contributed by atoms with Crippen LogP contribution in [0.2, 0.25) is 0 Å². The van der Waals surface area contributed by atoms with Crippen molar-refractivity contribution in [2.45, 2.75) is 6.92 Å². The summed E-state index contributed by atoms with van der Waals surface area (Å²) >= 11 is 0. The Balaban J connectivity index is 0.000000310. The van der Waals surface area contributed by atoms with E-state index in [0.29, 0.717) is 0 Å². The molecule has 0 atom stereocenters. The van der Waals surface area contributed by atoms with E-state index < -0.39 is 5.97 Å². The van der Waals surface area contributed by atoms with Gasteiger partial charge in [-0.2, -0.15) is 0 Å². The lowest BCUT2D eigenvalue weighted by Crippen LogP contribution is -2.30. The molecule has 3 heteroatoms. The van der Waals surface area contributed by atoms with E-state index in [1.165, 1.54) is 0 Å². The van der Waals surface area contributed by atoms with Gasteiger partial charge in [0.05, 0.1) is 0 Å². The summed E-state index contributed by atoms with van der Waals surface area (Å²) in [7, 11) is 2.00. The van der Waals surface area contributed by atoms with Crippen molar-refractivity contribution in [1.82, 2.24) is 0 Å². The van der Waals surface area contributed by atoms with Crippen LogP contribution in [0.25, 0.3) is 6.08 Å². The lowest BCUT2D eigenvalue weighted by atomic mass is 10.3. The van der Waals surface area contributed by atoms with Gasteiger partial charge >= 0.3 is 0 Å². The van der Waals surface area contributed by atoms with Gasteiger partial charge in [-0.15, -0.1) is 0 Å². The third-order valence-corrected chi connectivity index (χ3v) is 1.30. The summed E-state index contributed by atoms with van der Waals surface area (Å²) in [6.07, 6.45) is 3.83. The first-order valence-electron chi connectivity index (χ1n) is 3.82. The van der Waals surface area contributed by atoms with Gasteiger partial charge in [0.25, 0.3) is 0 Å². The number of aromatic nitrogens is 1. The second kappa shape index (κ2) is 5.94. The number of aryl methyl sites for hydroxylation is 1. The SMILES string of the molecule is C=Cc1cccc[n+]1C.CC(=O)[O-]. The van der Waals surface area contributed by atoms with Crippen LogP contribution in [-0.4, -0.2) is 5.97 Å². The van der Waals surface area contributed by atoms with E-state index in [9.17, 15) is 0 Å². The number of carbonyl (C=O) groups is 1. The number of carbonyl (C=O) groups excluding carboxylic acids is 1. The molecule has 1 aromatic heterocycles. The lowest BCUT2D eigenvalue weighted by Gasteiger charge is -1.88. The highest BCUT2D eigenvalue weighted by Gasteiger charge is 1.94. The van der Waals surface area contributed by atoms with Crippen LogP contribution in [0.15, 0.2) is 31.0 Å². The van der Waals surface area contributed by atoms with Crippen LogP contribution >= 0.6 is 0 Å². The molecule has 70 valence electrons. The van der Waals surface area contributed by atoms with Gasteiger partial charge in [0.1, 0.15) is 7.05 Å². The zero-order valence-corrected chi connectivity index (χ0v) is 7.86. The molecule has 13 heavy (non-hydrogen) atoms. The summed E-state index contributed by atoms with van der Waals surface area (Å²) in [5.74, 6) is -1.08. The van der Waals surface area contributed by atoms with E-state index in [2.05, 4.69) is 6.58 Å². The van der Waals surface area contributed by atoms with E-state index in [4.69, 9.17) is 9.90 Å². The Morgan fingerprint density at radius 1 is 1.62 bits per heavy atom. The maximum Gasteiger partial charge on any atom is 0.204 e. The van der Waals surface area contributed by atoms with Crippen molar-refractivity contribution in [3.8, 4) is 0 Å². The Morgan fingerprint density at radius 3 is 2.46 bits per heavy atom. The van der Waals surface area contributed by atoms with Crippen molar-refractivity contribution in [1.29, 1.82) is 0 Å². The summed E-state index contributed by atoms with van der Waals surface area (Å²) in [5.41, 5.74) is 1.14. The molecular formula is C10H13NO2. The second-order valence-corrected chi connectivity index (χ2v) is 2.43. The van der Waals surface area contributed by atoms with Gasteiger partial charge in [0, 0.05) is 24.2 Å². The van der Waals surface area contributed by atoms with Crippen LogP contribution in [0.3, 0.4) is 0 Å². The highest BCUT2D eigenvalue weighted by atomic mass is 16.4. The van der Waals surface area contributed by atoms with Crippen molar-refractivity contribution in [2.75, 3.05) is 0 Å². The van der Waals surface area contributed by atoms with E-state index in [1.807, 2.05) is 42.1 Å². The molecule has 0 aliphatic carbocycles. The summed E-state index contributed by atoms with van der Waals surface area (Å²) in [6.45, 7) is 4.64. The van der Waals surface area contributed by atoms with E-state index >= 15 is 0 Å². The molecule has 1 heterocycles. The van der Waals surface area contributed by atoms with E-state index in [-0.39, 0.29) is 0 Å². The first kappa shape index (κ1) is 11.4. The van der Waals surface area contributed by atoms with Crippen molar-refractivity contribution >= 4 is 12.0 Å². The average Bonchev–Trinajstić information content (AvgIpc) is 2.04. The number of hydrogen-bond acceptors (Lipinski definition) is 2. The molecule has 0 unspecified atom stereocenters. The van der Waals surface area contributed by atoms with Crippen LogP contribution in [0, 0.1) is 0 Å². The number of nitrogens with zero attached hydrogens (tertiary/aromatic N) is 1. The number of hydrogen-bond donors (Lipinski definition) is 0. The van der Waals surface area contributed by atoms with Crippen LogP contribution < -0.4 is 9.67 Å². The van der Waals surface area contributed by atoms with Gasteiger partial charge in [0.15, 0.2) is 6.20 Å². The van der Waals surface area contributed by atoms with Gasteiger partial charge in [-0.05, 0) is 13.0 Å². The van der Waals surface area contributed by atoms with Gasteiger partial charge in [-0.3, -0.25) is 0 Å². The summed E-state index contributed by atoms with van der Waals surface area (Å²) < 4.78 is 2.02. The molecule has 0 aromatic carbocycles. The third kappa shape index (κ3) is 5.61. The second-order valence-electron chi connectivity index (χ2n) is 2.43. The largest absolute Gasteiger partial charge is 0.550 e. The Kier molecular flexibility index (Phi) is 5.19. The number of aliphatic carboxylic acids is 1. The molecule has 0 saturated heterocycles. The Morgan fingerprint density at radius 2 is 2.15 bits per heavy atom. The average molecular weight is 179 g/mol. The Bertz CT molecular complexity index is 291. The predicted molar refractivity (Wildman–Crippen MR) is 48.4 cm³/mol. The van der Waals surface area contributed by atoms with Crippen molar-refractivity contribution < 1.29 is 14.5 Å². The molecule has 0 aliphatic rings. The minimum Gasteiger partial charge on any atom is -0.550 e. The van der Waals surface area contributed by atoms with Gasteiger partial charge in [-0.1, -0.05) is 6.58 Å². The summed E-state index contributed by atoms with van der Waals surface area (Å²) in [4.78, 5) is 8.89. The molecule has 0 fully saturated rings. The van der Waals surface area contributed by atoms with Crippen LogP contribution in [0.1, 0.15) is 12.6 Å². The zero-order valence-electron chi connectivity index (χ0n) is 7.86. The highest BCUT2D eigenvalue weighted by molar-refractivity contribution is 5.60. The Hall–Kier alpha value is -1.64. The molecule has 0 radical (unpaired) electrons. The van der Waals surface area contributed by atoms with Crippen LogP contribution in [-0.2, 0) is 11.8 Å². The first-order chi connectivity index (χ1) is 6.07. The molecular weight excluding hydrogens is 166 g/mol. The minimum absolute atomic E-state index is 0.972. The molecule has 0 amide bonds. The molecule has 0 bridgehead atoms. The van der Waals surface area contributed by atoms with Gasteiger partial charge in [0.2, 0.25) is 5.69 Å². The predicted octanol–water partition coefficient (Wildman–Crippen LogP) is -0.0897. The molecule has 0 saturated carbocycles. The summed E-state index contributed by atoms with van der Waals surface area (Å²) in [5, 5.41) is 8.89. The Labute approximate surface area is 78.0 Å². The van der Waals surface area contributed by atoms with Crippen LogP contribution in [0.5, 0.6) is 0 Å². The summed E-state index contributed by atoms with van der Waals surface area (Å²) in [6, 6.07) is 6.01. The number of carboxylic acid groups (broad SMARTS) is 1. The fourth-order valence-electron chi connectivity index (χ4n) is 0.749. The molecule has 1 aromatic rings. The molecule has 0 N–H and O–H groups in total. The molecule has 3 nitrogen and oxygen atoms in total. The topological polar surface area (TPSA) is 44.0 Å². The molecule has 0 aliphatic heterocycles. The monoisotopic (exact) mass is 179 g/mol. The molecule has 1 rings (SSSR count). The van der Waals surface area contributed by atoms with E-state index in [0.717, 1.165) is 12.6 Å². The fraction of sp³-hybridized carbons (Fsp3) is 0.200. The smallest absolute Gasteiger partial charge is 0.204 e.